The number of carbonyl (C=O) groups is 1. The molecular formula is C17H17N7O4. The first-order valence-corrected chi connectivity index (χ1v) is 8.26. The van der Waals surface area contributed by atoms with Gasteiger partial charge in [0.2, 0.25) is 5.91 Å². The van der Waals surface area contributed by atoms with E-state index in [-0.39, 0.29) is 22.6 Å². The summed E-state index contributed by atoms with van der Waals surface area (Å²) in [7, 11) is 1.27. The number of nitro groups is 1. The van der Waals surface area contributed by atoms with E-state index in [1.54, 1.807) is 11.6 Å². The highest BCUT2D eigenvalue weighted by atomic mass is 16.6. The van der Waals surface area contributed by atoms with Crippen LogP contribution in [0.1, 0.15) is 23.1 Å². The van der Waals surface area contributed by atoms with Crippen molar-refractivity contribution in [3.63, 3.8) is 0 Å². The van der Waals surface area contributed by atoms with Crippen LogP contribution in [0.4, 0.5) is 5.69 Å². The van der Waals surface area contributed by atoms with Crippen molar-refractivity contribution < 1.29 is 14.5 Å². The Morgan fingerprint density at radius 3 is 2.54 bits per heavy atom. The zero-order valence-corrected chi connectivity index (χ0v) is 15.4. The average molecular weight is 383 g/mol. The van der Waals surface area contributed by atoms with E-state index >= 15 is 0 Å². The fourth-order valence-corrected chi connectivity index (χ4v) is 2.74. The number of aromatic nitrogens is 5. The first-order valence-electron chi connectivity index (χ1n) is 8.26. The van der Waals surface area contributed by atoms with E-state index in [9.17, 15) is 14.9 Å². The van der Waals surface area contributed by atoms with Gasteiger partial charge < -0.3 is 10.5 Å². The van der Waals surface area contributed by atoms with Gasteiger partial charge in [-0.15, -0.1) is 0 Å². The molecule has 0 bridgehead atoms. The number of hydrogen-bond donors (Lipinski definition) is 1. The molecule has 11 heteroatoms. The topological polar surface area (TPSA) is 152 Å². The molecule has 2 N–H and O–H groups in total. The minimum absolute atomic E-state index is 0.0721. The van der Waals surface area contributed by atoms with Gasteiger partial charge in [0, 0.05) is 36.1 Å². The third kappa shape index (κ3) is 3.37. The molecule has 0 unspecified atom stereocenters. The standard InChI is InChI=1S/C17H17N7O4/c1-4-23-17(21-9(2)22-23)16-19-7-11(8-20-16)12-5-10(15(18)25)6-13(28-3)14(12)24(26)27/h5-8H,4H2,1-3H3,(H2,18,25). The molecule has 0 radical (unpaired) electrons. The van der Waals surface area contributed by atoms with Crippen molar-refractivity contribution in [3.05, 3.63) is 46.0 Å². The first-order chi connectivity index (χ1) is 13.3. The van der Waals surface area contributed by atoms with E-state index in [0.29, 0.717) is 29.6 Å². The van der Waals surface area contributed by atoms with Crippen molar-refractivity contribution in [2.45, 2.75) is 20.4 Å². The van der Waals surface area contributed by atoms with Crippen molar-refractivity contribution >= 4 is 11.6 Å². The van der Waals surface area contributed by atoms with Crippen LogP contribution in [0.3, 0.4) is 0 Å². The maximum absolute atomic E-state index is 11.6. The number of aryl methyl sites for hydroxylation is 2. The van der Waals surface area contributed by atoms with Crippen LogP contribution in [0.5, 0.6) is 5.75 Å². The number of benzene rings is 1. The van der Waals surface area contributed by atoms with Crippen molar-refractivity contribution in [2.24, 2.45) is 5.73 Å². The Kier molecular flexibility index (Phi) is 4.98. The molecule has 0 aliphatic carbocycles. The fourth-order valence-electron chi connectivity index (χ4n) is 2.74. The van der Waals surface area contributed by atoms with Gasteiger partial charge in [0.05, 0.1) is 17.6 Å². The highest BCUT2D eigenvalue weighted by molar-refractivity contribution is 5.96. The Morgan fingerprint density at radius 2 is 2.00 bits per heavy atom. The molecule has 0 saturated carbocycles. The Labute approximate surface area is 159 Å². The number of nitro benzene ring substituents is 1. The summed E-state index contributed by atoms with van der Waals surface area (Å²) >= 11 is 0. The molecule has 144 valence electrons. The van der Waals surface area contributed by atoms with Gasteiger partial charge in [0.15, 0.2) is 17.4 Å². The summed E-state index contributed by atoms with van der Waals surface area (Å²) in [5, 5.41) is 15.8. The molecule has 1 aromatic carbocycles. The lowest BCUT2D eigenvalue weighted by atomic mass is 10.0. The molecular weight excluding hydrogens is 366 g/mol. The summed E-state index contributed by atoms with van der Waals surface area (Å²) in [5.74, 6) is 0.579. The van der Waals surface area contributed by atoms with Gasteiger partial charge in [0.25, 0.3) is 0 Å². The second-order valence-electron chi connectivity index (χ2n) is 5.79. The zero-order chi connectivity index (χ0) is 20.4. The zero-order valence-electron chi connectivity index (χ0n) is 15.4. The maximum Gasteiger partial charge on any atom is 0.318 e. The smallest absolute Gasteiger partial charge is 0.318 e. The molecule has 2 aromatic heterocycles. The van der Waals surface area contributed by atoms with Crippen molar-refractivity contribution in [1.82, 2.24) is 24.7 Å². The van der Waals surface area contributed by atoms with Crippen molar-refractivity contribution in [2.75, 3.05) is 7.11 Å². The van der Waals surface area contributed by atoms with Gasteiger partial charge in [-0.1, -0.05) is 0 Å². The van der Waals surface area contributed by atoms with Crippen LogP contribution in [0, 0.1) is 17.0 Å². The third-order valence-electron chi connectivity index (χ3n) is 4.00. The molecule has 0 spiro atoms. The summed E-state index contributed by atoms with van der Waals surface area (Å²) in [6, 6.07) is 2.55. The number of rotatable bonds is 6. The molecule has 28 heavy (non-hydrogen) atoms. The second kappa shape index (κ2) is 7.39. The van der Waals surface area contributed by atoms with Crippen LogP contribution in [-0.2, 0) is 6.54 Å². The normalized spacial score (nSPS) is 10.7. The van der Waals surface area contributed by atoms with E-state index < -0.39 is 10.8 Å². The van der Waals surface area contributed by atoms with Gasteiger partial charge in [-0.25, -0.2) is 19.6 Å². The number of nitrogens with zero attached hydrogens (tertiary/aromatic N) is 6. The Bertz CT molecular complexity index is 1060. The Balaban J connectivity index is 2.14. The van der Waals surface area contributed by atoms with E-state index in [1.165, 1.54) is 31.6 Å². The van der Waals surface area contributed by atoms with Crippen LogP contribution in [0.25, 0.3) is 22.8 Å². The fraction of sp³-hybridized carbons (Fsp3) is 0.235. The van der Waals surface area contributed by atoms with Crippen LogP contribution >= 0.6 is 0 Å². The summed E-state index contributed by atoms with van der Waals surface area (Å²) in [4.78, 5) is 35.4. The molecule has 1 amide bonds. The van der Waals surface area contributed by atoms with Crippen molar-refractivity contribution in [1.29, 1.82) is 0 Å². The van der Waals surface area contributed by atoms with Gasteiger partial charge in [-0.05, 0) is 19.9 Å². The lowest BCUT2D eigenvalue weighted by Crippen LogP contribution is -2.12. The number of hydrogen-bond acceptors (Lipinski definition) is 8. The number of carbonyl (C=O) groups excluding carboxylic acids is 1. The SMILES string of the molecule is CCn1nc(C)nc1-c1ncc(-c2cc(C(N)=O)cc(OC)c2[N+](=O)[O-])cn1. The van der Waals surface area contributed by atoms with Gasteiger partial charge in [-0.2, -0.15) is 5.10 Å². The van der Waals surface area contributed by atoms with Gasteiger partial charge in [0.1, 0.15) is 5.82 Å². The summed E-state index contributed by atoms with van der Waals surface area (Å²) in [5.41, 5.74) is 5.55. The minimum atomic E-state index is -0.737. The van der Waals surface area contributed by atoms with Crippen LogP contribution in [0.15, 0.2) is 24.5 Å². The molecule has 3 aromatic rings. The monoisotopic (exact) mass is 383 g/mol. The molecule has 0 fully saturated rings. The molecule has 0 aliphatic heterocycles. The molecule has 0 saturated heterocycles. The highest BCUT2D eigenvalue weighted by Crippen LogP contribution is 2.38. The predicted octanol–water partition coefficient (Wildman–Crippen LogP) is 1.75. The third-order valence-corrected chi connectivity index (χ3v) is 4.00. The van der Waals surface area contributed by atoms with Crippen molar-refractivity contribution in [3.8, 4) is 28.5 Å². The molecule has 0 aliphatic rings. The molecule has 2 heterocycles. The predicted molar refractivity (Wildman–Crippen MR) is 98.6 cm³/mol. The van der Waals surface area contributed by atoms with Gasteiger partial charge >= 0.3 is 5.69 Å². The van der Waals surface area contributed by atoms with Crippen LogP contribution in [0.2, 0.25) is 0 Å². The lowest BCUT2D eigenvalue weighted by molar-refractivity contribution is -0.385. The summed E-state index contributed by atoms with van der Waals surface area (Å²) in [6.45, 7) is 4.26. The highest BCUT2D eigenvalue weighted by Gasteiger charge is 2.25. The Hall–Kier alpha value is -3.89. The average Bonchev–Trinajstić information content (AvgIpc) is 3.07. The number of primary amides is 1. The number of nitrogens with two attached hydrogens (primary N) is 1. The largest absolute Gasteiger partial charge is 0.490 e. The maximum atomic E-state index is 11.6. The number of methoxy groups -OCH3 is 1. The molecule has 11 nitrogen and oxygen atoms in total. The Morgan fingerprint density at radius 1 is 1.32 bits per heavy atom. The quantitative estimate of drug-likeness (QED) is 0.499. The first kappa shape index (κ1) is 18.9. The van der Waals surface area contributed by atoms with E-state index in [4.69, 9.17) is 10.5 Å². The van der Waals surface area contributed by atoms with Gasteiger partial charge in [-0.3, -0.25) is 14.9 Å². The number of amides is 1. The molecule has 0 atom stereocenters. The van der Waals surface area contributed by atoms with Crippen LogP contribution < -0.4 is 10.5 Å². The van der Waals surface area contributed by atoms with E-state index in [0.717, 1.165) is 0 Å². The molecule has 3 rings (SSSR count). The second-order valence-corrected chi connectivity index (χ2v) is 5.79. The number of ether oxygens (including phenoxy) is 1. The minimum Gasteiger partial charge on any atom is -0.490 e. The summed E-state index contributed by atoms with van der Waals surface area (Å²) in [6.07, 6.45) is 2.83. The van der Waals surface area contributed by atoms with E-state index in [2.05, 4.69) is 20.1 Å². The van der Waals surface area contributed by atoms with Crippen LogP contribution in [-0.4, -0.2) is 42.7 Å². The summed E-state index contributed by atoms with van der Waals surface area (Å²) < 4.78 is 6.73. The lowest BCUT2D eigenvalue weighted by Gasteiger charge is -2.09. The van der Waals surface area contributed by atoms with E-state index in [1.807, 2.05) is 6.92 Å².